The second-order valence-corrected chi connectivity index (χ2v) is 5.94. The van der Waals surface area contributed by atoms with E-state index in [-0.39, 0.29) is 23.4 Å². The number of carbonyl (C=O) groups is 3. The van der Waals surface area contributed by atoms with Gasteiger partial charge in [0.2, 0.25) is 0 Å². The van der Waals surface area contributed by atoms with E-state index >= 15 is 0 Å². The third kappa shape index (κ3) is 5.52. The van der Waals surface area contributed by atoms with Gasteiger partial charge >= 0.3 is 5.97 Å². The van der Waals surface area contributed by atoms with Crippen LogP contribution in [-0.2, 0) is 16.1 Å². The highest BCUT2D eigenvalue weighted by atomic mass is 19.1. The van der Waals surface area contributed by atoms with E-state index in [2.05, 4.69) is 10.6 Å². The molecule has 0 bridgehead atoms. The SMILES string of the molecule is O=C(COC(=O)c1ccc(F)cc1)Nc1ccccc1C(=O)NCc1ccco1. The molecule has 0 saturated heterocycles. The number of anilines is 1. The number of furan rings is 1. The first-order valence-electron chi connectivity index (χ1n) is 8.65. The molecule has 8 heteroatoms. The van der Waals surface area contributed by atoms with E-state index in [9.17, 15) is 18.8 Å². The van der Waals surface area contributed by atoms with E-state index in [1.807, 2.05) is 0 Å². The molecule has 0 radical (unpaired) electrons. The van der Waals surface area contributed by atoms with E-state index in [0.717, 1.165) is 12.1 Å². The maximum atomic E-state index is 12.9. The van der Waals surface area contributed by atoms with Gasteiger partial charge in [-0.3, -0.25) is 9.59 Å². The van der Waals surface area contributed by atoms with Crippen molar-refractivity contribution in [1.29, 1.82) is 0 Å². The number of amides is 2. The van der Waals surface area contributed by atoms with Gasteiger partial charge in [-0.15, -0.1) is 0 Å². The normalized spacial score (nSPS) is 10.2. The van der Waals surface area contributed by atoms with Gasteiger partial charge in [0.15, 0.2) is 6.61 Å². The summed E-state index contributed by atoms with van der Waals surface area (Å²) in [4.78, 5) is 36.4. The fourth-order valence-corrected chi connectivity index (χ4v) is 2.45. The van der Waals surface area contributed by atoms with E-state index in [4.69, 9.17) is 9.15 Å². The minimum absolute atomic E-state index is 0.122. The fraction of sp³-hybridized carbons (Fsp3) is 0.0952. The lowest BCUT2D eigenvalue weighted by Gasteiger charge is -2.11. The molecular formula is C21H17FN2O5. The molecule has 2 amide bonds. The van der Waals surface area contributed by atoms with E-state index < -0.39 is 30.2 Å². The summed E-state index contributed by atoms with van der Waals surface area (Å²) >= 11 is 0. The van der Waals surface area contributed by atoms with Crippen molar-refractivity contribution in [2.75, 3.05) is 11.9 Å². The summed E-state index contributed by atoms with van der Waals surface area (Å²) < 4.78 is 23.0. The molecule has 0 aliphatic rings. The molecule has 2 N–H and O–H groups in total. The van der Waals surface area contributed by atoms with Gasteiger partial charge in [0.25, 0.3) is 11.8 Å². The quantitative estimate of drug-likeness (QED) is 0.598. The van der Waals surface area contributed by atoms with Crippen molar-refractivity contribution in [3.8, 4) is 0 Å². The van der Waals surface area contributed by atoms with E-state index in [1.54, 1.807) is 36.4 Å². The molecule has 29 heavy (non-hydrogen) atoms. The predicted octanol–water partition coefficient (Wildman–Crippen LogP) is 3.14. The first-order valence-corrected chi connectivity index (χ1v) is 8.65. The van der Waals surface area contributed by atoms with Gasteiger partial charge in [0.05, 0.1) is 29.6 Å². The van der Waals surface area contributed by atoms with Crippen molar-refractivity contribution in [3.05, 3.63) is 89.6 Å². The largest absolute Gasteiger partial charge is 0.467 e. The molecule has 3 aromatic rings. The van der Waals surface area contributed by atoms with Crippen LogP contribution in [0.4, 0.5) is 10.1 Å². The van der Waals surface area contributed by atoms with Gasteiger partial charge in [-0.05, 0) is 48.5 Å². The molecule has 2 aromatic carbocycles. The van der Waals surface area contributed by atoms with Crippen molar-refractivity contribution in [3.63, 3.8) is 0 Å². The number of para-hydroxylation sites is 1. The van der Waals surface area contributed by atoms with Gasteiger partial charge in [0.1, 0.15) is 11.6 Å². The summed E-state index contributed by atoms with van der Waals surface area (Å²) in [5.74, 6) is -1.68. The Morgan fingerprint density at radius 2 is 1.72 bits per heavy atom. The molecule has 0 spiro atoms. The second kappa shape index (κ2) is 9.32. The fourth-order valence-electron chi connectivity index (χ4n) is 2.45. The number of carbonyl (C=O) groups excluding carboxylic acids is 3. The molecule has 0 aliphatic carbocycles. The smallest absolute Gasteiger partial charge is 0.338 e. The molecule has 3 rings (SSSR count). The minimum atomic E-state index is -0.760. The lowest BCUT2D eigenvalue weighted by molar-refractivity contribution is -0.119. The maximum Gasteiger partial charge on any atom is 0.338 e. The lowest BCUT2D eigenvalue weighted by atomic mass is 10.1. The standard InChI is InChI=1S/C21H17FN2O5/c22-15-9-7-14(8-10-15)21(27)29-13-19(25)24-18-6-2-1-5-17(18)20(26)23-12-16-4-3-11-28-16/h1-11H,12-13H2,(H,23,26)(H,24,25). The van der Waals surface area contributed by atoms with Crippen molar-refractivity contribution >= 4 is 23.5 Å². The predicted molar refractivity (Wildman–Crippen MR) is 102 cm³/mol. The summed E-state index contributed by atoms with van der Waals surface area (Å²) in [6.45, 7) is -0.359. The Morgan fingerprint density at radius 1 is 0.966 bits per heavy atom. The average Bonchev–Trinajstić information content (AvgIpc) is 3.25. The van der Waals surface area contributed by atoms with Crippen LogP contribution in [0.2, 0.25) is 0 Å². The van der Waals surface area contributed by atoms with Gasteiger partial charge in [-0.2, -0.15) is 0 Å². The lowest BCUT2D eigenvalue weighted by Crippen LogP contribution is -2.26. The summed E-state index contributed by atoms with van der Waals surface area (Å²) in [5, 5.41) is 5.23. The molecule has 0 unspecified atom stereocenters. The summed E-state index contributed by atoms with van der Waals surface area (Å²) in [6.07, 6.45) is 1.50. The van der Waals surface area contributed by atoms with Crippen molar-refractivity contribution < 1.29 is 27.9 Å². The zero-order valence-electron chi connectivity index (χ0n) is 15.2. The number of esters is 1. The molecule has 0 aliphatic heterocycles. The molecule has 7 nitrogen and oxygen atoms in total. The van der Waals surface area contributed by atoms with Gasteiger partial charge < -0.3 is 19.8 Å². The highest BCUT2D eigenvalue weighted by Gasteiger charge is 2.15. The van der Waals surface area contributed by atoms with Gasteiger partial charge in [-0.25, -0.2) is 9.18 Å². The zero-order chi connectivity index (χ0) is 20.6. The molecule has 1 aromatic heterocycles. The Balaban J connectivity index is 1.56. The highest BCUT2D eigenvalue weighted by molar-refractivity contribution is 6.04. The van der Waals surface area contributed by atoms with Crippen LogP contribution >= 0.6 is 0 Å². The van der Waals surface area contributed by atoms with Crippen LogP contribution in [0.1, 0.15) is 26.5 Å². The molecule has 0 saturated carbocycles. The Labute approximate surface area is 165 Å². The Kier molecular flexibility index (Phi) is 6.36. The first kappa shape index (κ1) is 19.8. The molecule has 148 valence electrons. The zero-order valence-corrected chi connectivity index (χ0v) is 15.2. The van der Waals surface area contributed by atoms with Crippen molar-refractivity contribution in [2.24, 2.45) is 0 Å². The number of rotatable bonds is 7. The van der Waals surface area contributed by atoms with Gasteiger partial charge in [0, 0.05) is 0 Å². The van der Waals surface area contributed by atoms with Crippen molar-refractivity contribution in [1.82, 2.24) is 5.32 Å². The van der Waals surface area contributed by atoms with Gasteiger partial charge in [-0.1, -0.05) is 12.1 Å². The Morgan fingerprint density at radius 3 is 2.45 bits per heavy atom. The maximum absolute atomic E-state index is 12.9. The van der Waals surface area contributed by atoms with Crippen LogP contribution in [0.25, 0.3) is 0 Å². The third-order valence-corrected chi connectivity index (χ3v) is 3.86. The van der Waals surface area contributed by atoms with E-state index in [0.29, 0.717) is 5.76 Å². The van der Waals surface area contributed by atoms with Crippen LogP contribution in [0, 0.1) is 5.82 Å². The molecule has 0 fully saturated rings. The average molecular weight is 396 g/mol. The highest BCUT2D eigenvalue weighted by Crippen LogP contribution is 2.15. The van der Waals surface area contributed by atoms with Crippen LogP contribution in [0.3, 0.4) is 0 Å². The summed E-state index contributed by atoms with van der Waals surface area (Å²) in [7, 11) is 0. The minimum Gasteiger partial charge on any atom is -0.467 e. The summed E-state index contributed by atoms with van der Waals surface area (Å²) in [5.41, 5.74) is 0.640. The van der Waals surface area contributed by atoms with Crippen LogP contribution in [-0.4, -0.2) is 24.4 Å². The number of hydrogen-bond acceptors (Lipinski definition) is 5. The molecular weight excluding hydrogens is 379 g/mol. The third-order valence-electron chi connectivity index (χ3n) is 3.86. The first-order chi connectivity index (χ1) is 14.0. The monoisotopic (exact) mass is 396 g/mol. The number of benzene rings is 2. The number of hydrogen-bond donors (Lipinski definition) is 2. The Hall–Kier alpha value is -3.94. The van der Waals surface area contributed by atoms with Crippen LogP contribution in [0.15, 0.2) is 71.3 Å². The number of halogens is 1. The topological polar surface area (TPSA) is 97.6 Å². The van der Waals surface area contributed by atoms with Crippen LogP contribution in [0.5, 0.6) is 0 Å². The molecule has 1 heterocycles. The Bertz CT molecular complexity index is 1000. The van der Waals surface area contributed by atoms with E-state index in [1.165, 1.54) is 18.4 Å². The second-order valence-electron chi connectivity index (χ2n) is 5.94. The van der Waals surface area contributed by atoms with Crippen molar-refractivity contribution in [2.45, 2.75) is 6.54 Å². The molecule has 0 atom stereocenters. The number of ether oxygens (including phenoxy) is 1. The summed E-state index contributed by atoms with van der Waals surface area (Å²) in [6, 6.07) is 14.6. The van der Waals surface area contributed by atoms with Crippen LogP contribution < -0.4 is 10.6 Å². The number of nitrogens with one attached hydrogen (secondary N) is 2.